The van der Waals surface area contributed by atoms with E-state index < -0.39 is 12.0 Å². The number of aromatic nitrogens is 2. The van der Waals surface area contributed by atoms with Crippen LogP contribution in [0.1, 0.15) is 31.7 Å². The summed E-state index contributed by atoms with van der Waals surface area (Å²) in [7, 11) is 1.65. The molecular weight excluding hydrogens is 206 g/mol. The van der Waals surface area contributed by atoms with Crippen molar-refractivity contribution in [2.75, 3.05) is 7.05 Å². The summed E-state index contributed by atoms with van der Waals surface area (Å²) in [5, 5.41) is 15.8. The van der Waals surface area contributed by atoms with Gasteiger partial charge in [-0.1, -0.05) is 13.8 Å². The van der Waals surface area contributed by atoms with Crippen molar-refractivity contribution >= 4 is 5.97 Å². The van der Waals surface area contributed by atoms with Crippen LogP contribution in [-0.4, -0.2) is 33.9 Å². The minimum absolute atomic E-state index is 0.452. The van der Waals surface area contributed by atoms with E-state index in [0.717, 1.165) is 0 Å². The highest BCUT2D eigenvalue weighted by Crippen LogP contribution is 2.12. The van der Waals surface area contributed by atoms with Crippen LogP contribution in [0.2, 0.25) is 0 Å². The molecule has 0 aliphatic carbocycles. The molecule has 5 nitrogen and oxygen atoms in total. The van der Waals surface area contributed by atoms with E-state index in [1.165, 1.54) is 5.56 Å². The molecular formula is C11H19N3O2. The van der Waals surface area contributed by atoms with Gasteiger partial charge in [0.05, 0.1) is 6.20 Å². The predicted molar refractivity (Wildman–Crippen MR) is 61.4 cm³/mol. The van der Waals surface area contributed by atoms with Crippen molar-refractivity contribution in [3.05, 3.63) is 18.0 Å². The zero-order valence-corrected chi connectivity index (χ0v) is 9.97. The molecule has 0 aliphatic heterocycles. The summed E-state index contributed by atoms with van der Waals surface area (Å²) >= 11 is 0. The number of carboxylic acid groups (broad SMARTS) is 1. The Morgan fingerprint density at radius 2 is 2.31 bits per heavy atom. The second-order valence-electron chi connectivity index (χ2n) is 4.16. The number of carboxylic acids is 1. The average molecular weight is 225 g/mol. The van der Waals surface area contributed by atoms with Gasteiger partial charge in [0.1, 0.15) is 6.04 Å². The summed E-state index contributed by atoms with van der Waals surface area (Å²) in [6, 6.07) is -0.508. The van der Waals surface area contributed by atoms with Crippen LogP contribution < -0.4 is 5.32 Å². The minimum atomic E-state index is -0.821. The number of likely N-dealkylation sites (N-methyl/N-ethyl adjacent to an activating group) is 1. The van der Waals surface area contributed by atoms with Gasteiger partial charge in [-0.05, 0) is 24.9 Å². The largest absolute Gasteiger partial charge is 0.480 e. The lowest BCUT2D eigenvalue weighted by Gasteiger charge is -2.10. The van der Waals surface area contributed by atoms with Crippen LogP contribution in [0.5, 0.6) is 0 Å². The Balaban J connectivity index is 2.50. The maximum absolute atomic E-state index is 10.8. The second kappa shape index (κ2) is 5.65. The fourth-order valence-electron chi connectivity index (χ4n) is 1.45. The number of aliphatic carboxylic acids is 1. The highest BCUT2D eigenvalue weighted by atomic mass is 16.4. The summed E-state index contributed by atoms with van der Waals surface area (Å²) in [5.41, 5.74) is 1.18. The van der Waals surface area contributed by atoms with Crippen LogP contribution in [0, 0.1) is 0 Å². The zero-order valence-electron chi connectivity index (χ0n) is 9.97. The average Bonchev–Trinajstić information content (AvgIpc) is 2.67. The lowest BCUT2D eigenvalue weighted by Crippen LogP contribution is -2.34. The smallest absolute Gasteiger partial charge is 0.320 e. The van der Waals surface area contributed by atoms with E-state index in [0.29, 0.717) is 18.9 Å². The van der Waals surface area contributed by atoms with Gasteiger partial charge in [-0.25, -0.2) is 0 Å². The molecule has 1 aromatic heterocycles. The molecule has 1 heterocycles. The topological polar surface area (TPSA) is 67.2 Å². The molecule has 0 saturated heterocycles. The number of nitrogens with one attached hydrogen (secondary N) is 1. The van der Waals surface area contributed by atoms with Gasteiger partial charge in [-0.15, -0.1) is 0 Å². The molecule has 1 atom stereocenters. The quantitative estimate of drug-likeness (QED) is 0.760. The van der Waals surface area contributed by atoms with Gasteiger partial charge in [0, 0.05) is 12.7 Å². The van der Waals surface area contributed by atoms with Crippen LogP contribution in [0.4, 0.5) is 0 Å². The monoisotopic (exact) mass is 225 g/mol. The van der Waals surface area contributed by atoms with Crippen LogP contribution in [-0.2, 0) is 11.3 Å². The van der Waals surface area contributed by atoms with Crippen LogP contribution in [0.25, 0.3) is 0 Å². The molecule has 5 heteroatoms. The molecule has 0 saturated carbocycles. The molecule has 16 heavy (non-hydrogen) atoms. The van der Waals surface area contributed by atoms with Gasteiger partial charge in [-0.2, -0.15) is 5.10 Å². The molecule has 2 N–H and O–H groups in total. The number of rotatable bonds is 6. The van der Waals surface area contributed by atoms with Crippen molar-refractivity contribution in [2.24, 2.45) is 0 Å². The Kier molecular flexibility index (Phi) is 4.49. The summed E-state index contributed by atoms with van der Waals surface area (Å²) in [5.74, 6) is -0.368. The van der Waals surface area contributed by atoms with E-state index in [1.807, 2.05) is 12.4 Å². The third kappa shape index (κ3) is 3.34. The third-order valence-electron chi connectivity index (χ3n) is 2.61. The molecule has 1 aromatic rings. The molecule has 1 rings (SSSR count). The highest BCUT2D eigenvalue weighted by molar-refractivity contribution is 5.73. The fraction of sp³-hybridized carbons (Fsp3) is 0.636. The van der Waals surface area contributed by atoms with Crippen LogP contribution in [0.15, 0.2) is 12.4 Å². The summed E-state index contributed by atoms with van der Waals surface area (Å²) < 4.78 is 1.79. The summed E-state index contributed by atoms with van der Waals surface area (Å²) in [4.78, 5) is 10.8. The molecule has 0 fully saturated rings. The summed E-state index contributed by atoms with van der Waals surface area (Å²) in [6.07, 6.45) is 4.34. The lowest BCUT2D eigenvalue weighted by atomic mass is 10.1. The first-order valence-electron chi connectivity index (χ1n) is 5.47. The SMILES string of the molecule is CNC(CCn1cc(C(C)C)cn1)C(=O)O. The lowest BCUT2D eigenvalue weighted by molar-refractivity contribution is -0.139. The predicted octanol–water partition coefficient (Wildman–Crippen LogP) is 1.07. The first-order chi connectivity index (χ1) is 7.54. The van der Waals surface area contributed by atoms with Gasteiger partial charge in [0.15, 0.2) is 0 Å². The van der Waals surface area contributed by atoms with Gasteiger partial charge in [-0.3, -0.25) is 9.48 Å². The first kappa shape index (κ1) is 12.7. The van der Waals surface area contributed by atoms with Crippen LogP contribution >= 0.6 is 0 Å². The van der Waals surface area contributed by atoms with E-state index in [-0.39, 0.29) is 0 Å². The molecule has 90 valence electrons. The second-order valence-corrected chi connectivity index (χ2v) is 4.16. The van der Waals surface area contributed by atoms with E-state index in [2.05, 4.69) is 24.3 Å². The molecule has 0 amide bonds. The number of aryl methyl sites for hydroxylation is 1. The Morgan fingerprint density at radius 1 is 1.62 bits per heavy atom. The Labute approximate surface area is 95.5 Å². The normalized spacial score (nSPS) is 13.0. The maximum Gasteiger partial charge on any atom is 0.320 e. The van der Waals surface area contributed by atoms with Crippen molar-refractivity contribution in [1.29, 1.82) is 0 Å². The van der Waals surface area contributed by atoms with Gasteiger partial charge >= 0.3 is 5.97 Å². The maximum atomic E-state index is 10.8. The number of hydrogen-bond donors (Lipinski definition) is 2. The van der Waals surface area contributed by atoms with Crippen molar-refractivity contribution in [1.82, 2.24) is 15.1 Å². The number of hydrogen-bond acceptors (Lipinski definition) is 3. The van der Waals surface area contributed by atoms with Gasteiger partial charge < -0.3 is 10.4 Å². The third-order valence-corrected chi connectivity index (χ3v) is 2.61. The Morgan fingerprint density at radius 3 is 2.75 bits per heavy atom. The first-order valence-corrected chi connectivity index (χ1v) is 5.47. The number of nitrogens with zero attached hydrogens (tertiary/aromatic N) is 2. The van der Waals surface area contributed by atoms with E-state index >= 15 is 0 Å². The van der Waals surface area contributed by atoms with Gasteiger partial charge in [0.2, 0.25) is 0 Å². The van der Waals surface area contributed by atoms with E-state index in [4.69, 9.17) is 5.11 Å². The van der Waals surface area contributed by atoms with Gasteiger partial charge in [0.25, 0.3) is 0 Å². The fourth-order valence-corrected chi connectivity index (χ4v) is 1.45. The van der Waals surface area contributed by atoms with Crippen molar-refractivity contribution < 1.29 is 9.90 Å². The van der Waals surface area contributed by atoms with Crippen molar-refractivity contribution in [3.63, 3.8) is 0 Å². The van der Waals surface area contributed by atoms with Crippen LogP contribution in [0.3, 0.4) is 0 Å². The molecule has 0 radical (unpaired) electrons. The van der Waals surface area contributed by atoms with Crippen molar-refractivity contribution in [3.8, 4) is 0 Å². The Bertz CT molecular complexity index is 347. The minimum Gasteiger partial charge on any atom is -0.480 e. The Hall–Kier alpha value is -1.36. The van der Waals surface area contributed by atoms with E-state index in [1.54, 1.807) is 11.7 Å². The molecule has 0 aliphatic rings. The molecule has 0 spiro atoms. The molecule has 0 bridgehead atoms. The van der Waals surface area contributed by atoms with Crippen molar-refractivity contribution in [2.45, 2.75) is 38.8 Å². The highest BCUT2D eigenvalue weighted by Gasteiger charge is 2.14. The summed E-state index contributed by atoms with van der Waals surface area (Å²) in [6.45, 7) is 4.83. The zero-order chi connectivity index (χ0) is 12.1. The molecule has 1 unspecified atom stereocenters. The number of carbonyl (C=O) groups is 1. The standard InChI is InChI=1S/C11H19N3O2/c1-8(2)9-6-13-14(7-9)5-4-10(12-3)11(15)16/h6-8,10,12H,4-5H2,1-3H3,(H,15,16). The molecule has 0 aromatic carbocycles. The van der Waals surface area contributed by atoms with E-state index in [9.17, 15) is 4.79 Å².